The molecule has 0 aliphatic heterocycles. The zero-order chi connectivity index (χ0) is 13.8. The van der Waals surface area contributed by atoms with Crippen LogP contribution in [0.25, 0.3) is 0 Å². The van der Waals surface area contributed by atoms with Crippen LogP contribution in [0, 0.1) is 0 Å². The molecule has 2 rings (SSSR count). The van der Waals surface area contributed by atoms with Crippen molar-refractivity contribution in [1.29, 1.82) is 0 Å². The van der Waals surface area contributed by atoms with E-state index in [1.165, 1.54) is 0 Å². The number of hydrogen-bond acceptors (Lipinski definition) is 3. The largest absolute Gasteiger partial charge is 0.479 e. The topological polar surface area (TPSA) is 66.4 Å². The lowest BCUT2D eigenvalue weighted by molar-refractivity contribution is -0.139. The summed E-state index contributed by atoms with van der Waals surface area (Å²) in [6.07, 6.45) is 0. The van der Waals surface area contributed by atoms with E-state index in [9.17, 15) is 14.7 Å². The van der Waals surface area contributed by atoms with Crippen molar-refractivity contribution in [2.45, 2.75) is 6.04 Å². The highest BCUT2D eigenvalue weighted by Crippen LogP contribution is 2.22. The predicted molar refractivity (Wildman–Crippen MR) is 73.6 cm³/mol. The average Bonchev–Trinajstić information content (AvgIpc) is 2.83. The first-order valence-electron chi connectivity index (χ1n) is 5.42. The second-order valence-electron chi connectivity index (χ2n) is 3.76. The number of carboxylic acids is 1. The van der Waals surface area contributed by atoms with Gasteiger partial charge in [0.15, 0.2) is 6.04 Å². The second-order valence-corrected chi connectivity index (χ2v) is 5.47. The Hall–Kier alpha value is -1.85. The van der Waals surface area contributed by atoms with Crippen LogP contribution in [-0.4, -0.2) is 17.0 Å². The molecule has 0 aliphatic rings. The van der Waals surface area contributed by atoms with Crippen LogP contribution in [0.1, 0.15) is 21.3 Å². The summed E-state index contributed by atoms with van der Waals surface area (Å²) in [6, 6.07) is 10.6. The third-order valence-electron chi connectivity index (χ3n) is 2.45. The lowest BCUT2D eigenvalue weighted by atomic mass is 10.1. The molecule has 1 heterocycles. The van der Waals surface area contributed by atoms with Gasteiger partial charge in [-0.3, -0.25) is 4.79 Å². The van der Waals surface area contributed by atoms with Crippen molar-refractivity contribution in [1.82, 2.24) is 5.32 Å². The molecule has 2 aromatic rings. The number of rotatable bonds is 4. The molecule has 0 fully saturated rings. The van der Waals surface area contributed by atoms with Gasteiger partial charge in [-0.2, -0.15) is 0 Å². The quantitative estimate of drug-likeness (QED) is 0.911. The molecule has 0 unspecified atom stereocenters. The molecular formula is C13H10ClNO3S. The lowest BCUT2D eigenvalue weighted by Gasteiger charge is -2.14. The van der Waals surface area contributed by atoms with Crippen LogP contribution in [0.15, 0.2) is 42.5 Å². The number of thiophene rings is 1. The second kappa shape index (κ2) is 5.86. The normalized spacial score (nSPS) is 11.8. The van der Waals surface area contributed by atoms with E-state index in [-0.39, 0.29) is 0 Å². The Morgan fingerprint density at radius 3 is 2.37 bits per heavy atom. The minimum absolute atomic E-state index is 0.382. The number of aliphatic carboxylic acids is 1. The van der Waals surface area contributed by atoms with Gasteiger partial charge in [-0.1, -0.05) is 41.9 Å². The number of carboxylic acid groups (broad SMARTS) is 1. The Labute approximate surface area is 118 Å². The maximum absolute atomic E-state index is 11.9. The fourth-order valence-corrected chi connectivity index (χ4v) is 2.52. The molecule has 0 saturated heterocycles. The molecule has 6 heteroatoms. The van der Waals surface area contributed by atoms with Crippen molar-refractivity contribution in [3.63, 3.8) is 0 Å². The molecule has 1 aromatic heterocycles. The maximum atomic E-state index is 11.9. The summed E-state index contributed by atoms with van der Waals surface area (Å²) in [7, 11) is 0. The van der Waals surface area contributed by atoms with E-state index in [4.69, 9.17) is 11.6 Å². The number of hydrogen-bond donors (Lipinski definition) is 2. The summed E-state index contributed by atoms with van der Waals surface area (Å²) in [5, 5.41) is 11.7. The van der Waals surface area contributed by atoms with Gasteiger partial charge >= 0.3 is 5.97 Å². The molecule has 98 valence electrons. The third-order valence-corrected chi connectivity index (χ3v) is 3.68. The molecule has 0 spiro atoms. The summed E-state index contributed by atoms with van der Waals surface area (Å²) in [5.74, 6) is -1.56. The van der Waals surface area contributed by atoms with Gasteiger partial charge in [-0.25, -0.2) is 4.79 Å². The van der Waals surface area contributed by atoms with E-state index in [2.05, 4.69) is 5.32 Å². The molecule has 0 aliphatic carbocycles. The molecule has 0 saturated carbocycles. The van der Waals surface area contributed by atoms with Crippen molar-refractivity contribution in [2.75, 3.05) is 0 Å². The van der Waals surface area contributed by atoms with Crippen molar-refractivity contribution < 1.29 is 14.7 Å². The Morgan fingerprint density at radius 1 is 1.16 bits per heavy atom. The highest BCUT2D eigenvalue weighted by atomic mass is 35.5. The Morgan fingerprint density at radius 2 is 1.84 bits per heavy atom. The van der Waals surface area contributed by atoms with Gasteiger partial charge in [0.25, 0.3) is 5.91 Å². The minimum Gasteiger partial charge on any atom is -0.479 e. The Kier molecular flexibility index (Phi) is 4.19. The van der Waals surface area contributed by atoms with Gasteiger partial charge in [0, 0.05) is 0 Å². The van der Waals surface area contributed by atoms with Gasteiger partial charge in [0.05, 0.1) is 9.21 Å². The molecule has 1 amide bonds. The standard InChI is InChI=1S/C13H10ClNO3S/c14-10-7-6-9(19-10)12(16)15-11(13(17)18)8-4-2-1-3-5-8/h1-7,11H,(H,15,16)(H,17,18)/t11-/m0/s1. The third kappa shape index (κ3) is 3.33. The van der Waals surface area contributed by atoms with E-state index >= 15 is 0 Å². The molecule has 4 nitrogen and oxygen atoms in total. The van der Waals surface area contributed by atoms with E-state index in [1.54, 1.807) is 42.5 Å². The Balaban J connectivity index is 2.18. The van der Waals surface area contributed by atoms with Gasteiger partial charge < -0.3 is 10.4 Å². The number of nitrogens with one attached hydrogen (secondary N) is 1. The smallest absolute Gasteiger partial charge is 0.330 e. The zero-order valence-electron chi connectivity index (χ0n) is 9.67. The van der Waals surface area contributed by atoms with Crippen molar-refractivity contribution in [2.24, 2.45) is 0 Å². The zero-order valence-corrected chi connectivity index (χ0v) is 11.2. The number of benzene rings is 1. The summed E-state index contributed by atoms with van der Waals surface area (Å²) in [5.41, 5.74) is 0.519. The average molecular weight is 296 g/mol. The van der Waals surface area contributed by atoms with E-state index in [0.29, 0.717) is 14.8 Å². The summed E-state index contributed by atoms with van der Waals surface area (Å²) in [4.78, 5) is 23.5. The molecule has 19 heavy (non-hydrogen) atoms. The van der Waals surface area contributed by atoms with Crippen molar-refractivity contribution >= 4 is 34.8 Å². The number of halogens is 1. The fraction of sp³-hybridized carbons (Fsp3) is 0.0769. The lowest BCUT2D eigenvalue weighted by Crippen LogP contribution is -2.33. The highest BCUT2D eigenvalue weighted by molar-refractivity contribution is 7.18. The summed E-state index contributed by atoms with van der Waals surface area (Å²) < 4.78 is 0.483. The van der Waals surface area contributed by atoms with Gasteiger partial charge in [-0.15, -0.1) is 11.3 Å². The maximum Gasteiger partial charge on any atom is 0.330 e. The van der Waals surface area contributed by atoms with E-state index < -0.39 is 17.9 Å². The monoisotopic (exact) mass is 295 g/mol. The van der Waals surface area contributed by atoms with Crippen molar-refractivity contribution in [3.8, 4) is 0 Å². The van der Waals surface area contributed by atoms with Crippen LogP contribution in [0.3, 0.4) is 0 Å². The van der Waals surface area contributed by atoms with E-state index in [0.717, 1.165) is 11.3 Å². The van der Waals surface area contributed by atoms with Gasteiger partial charge in [0.1, 0.15) is 0 Å². The van der Waals surface area contributed by atoms with Crippen LogP contribution in [0.5, 0.6) is 0 Å². The van der Waals surface area contributed by atoms with Crippen LogP contribution in [-0.2, 0) is 4.79 Å². The number of amides is 1. The summed E-state index contributed by atoms with van der Waals surface area (Å²) >= 11 is 6.85. The van der Waals surface area contributed by atoms with Crippen LogP contribution < -0.4 is 5.32 Å². The predicted octanol–water partition coefficient (Wildman–Crippen LogP) is 2.96. The molecule has 0 bridgehead atoms. The highest BCUT2D eigenvalue weighted by Gasteiger charge is 2.23. The summed E-state index contributed by atoms with van der Waals surface area (Å²) in [6.45, 7) is 0. The Bertz CT molecular complexity index is 597. The first kappa shape index (κ1) is 13.6. The molecular weight excluding hydrogens is 286 g/mol. The number of carbonyl (C=O) groups is 2. The van der Waals surface area contributed by atoms with Crippen LogP contribution >= 0.6 is 22.9 Å². The molecule has 1 atom stereocenters. The fourth-order valence-electron chi connectivity index (χ4n) is 1.57. The van der Waals surface area contributed by atoms with Crippen LogP contribution in [0.2, 0.25) is 4.34 Å². The first-order valence-corrected chi connectivity index (χ1v) is 6.61. The van der Waals surface area contributed by atoms with Gasteiger partial charge in [-0.05, 0) is 17.7 Å². The molecule has 2 N–H and O–H groups in total. The number of carbonyl (C=O) groups excluding carboxylic acids is 1. The van der Waals surface area contributed by atoms with Crippen molar-refractivity contribution in [3.05, 3.63) is 57.2 Å². The van der Waals surface area contributed by atoms with Gasteiger partial charge in [0.2, 0.25) is 0 Å². The first-order chi connectivity index (χ1) is 9.08. The van der Waals surface area contributed by atoms with E-state index in [1.807, 2.05) is 0 Å². The SMILES string of the molecule is O=C(N[C@H](C(=O)O)c1ccccc1)c1ccc(Cl)s1. The van der Waals surface area contributed by atoms with Crippen LogP contribution in [0.4, 0.5) is 0 Å². The molecule has 1 aromatic carbocycles. The molecule has 0 radical (unpaired) electrons. The minimum atomic E-state index is -1.11.